The molecule has 0 saturated carbocycles. The van der Waals surface area contributed by atoms with Crippen molar-refractivity contribution in [2.45, 2.75) is 11.2 Å². The van der Waals surface area contributed by atoms with Gasteiger partial charge in [-0.15, -0.1) is 0 Å². The van der Waals surface area contributed by atoms with Crippen LogP contribution >= 0.6 is 15.9 Å². The van der Waals surface area contributed by atoms with E-state index in [0.717, 1.165) is 5.56 Å². The Morgan fingerprint density at radius 3 is 2.25 bits per heavy atom. The summed E-state index contributed by atoms with van der Waals surface area (Å²) in [6.07, 6.45) is 0.702. The van der Waals surface area contributed by atoms with E-state index in [0.29, 0.717) is 23.5 Å². The number of ether oxygens (including phenoxy) is 2. The molecular formula is C16H16BrFO2. The van der Waals surface area contributed by atoms with Gasteiger partial charge in [-0.05, 0) is 18.1 Å². The van der Waals surface area contributed by atoms with Crippen LogP contribution in [-0.4, -0.2) is 14.2 Å². The fourth-order valence-electron chi connectivity index (χ4n) is 2.04. The van der Waals surface area contributed by atoms with Gasteiger partial charge in [-0.3, -0.25) is 0 Å². The van der Waals surface area contributed by atoms with E-state index in [4.69, 9.17) is 9.47 Å². The maximum absolute atomic E-state index is 14.1. The molecule has 0 amide bonds. The van der Waals surface area contributed by atoms with Crippen LogP contribution in [0.1, 0.15) is 16.0 Å². The molecule has 1 unspecified atom stereocenters. The third-order valence-electron chi connectivity index (χ3n) is 3.10. The van der Waals surface area contributed by atoms with Gasteiger partial charge in [0.2, 0.25) is 0 Å². The lowest BCUT2D eigenvalue weighted by Gasteiger charge is -2.15. The lowest BCUT2D eigenvalue weighted by Crippen LogP contribution is -2.01. The van der Waals surface area contributed by atoms with E-state index >= 15 is 0 Å². The Morgan fingerprint density at radius 2 is 1.65 bits per heavy atom. The van der Waals surface area contributed by atoms with Crippen LogP contribution in [-0.2, 0) is 6.42 Å². The Morgan fingerprint density at radius 1 is 1.05 bits per heavy atom. The molecule has 0 aliphatic heterocycles. The zero-order chi connectivity index (χ0) is 14.5. The maximum atomic E-state index is 14.1. The summed E-state index contributed by atoms with van der Waals surface area (Å²) >= 11 is 3.55. The van der Waals surface area contributed by atoms with Crippen LogP contribution in [0.3, 0.4) is 0 Å². The molecule has 2 aromatic rings. The fraction of sp³-hybridized carbons (Fsp3) is 0.250. The van der Waals surface area contributed by atoms with E-state index in [1.54, 1.807) is 13.2 Å². The Balaban J connectivity index is 2.27. The van der Waals surface area contributed by atoms with Crippen LogP contribution in [0.2, 0.25) is 0 Å². The van der Waals surface area contributed by atoms with Gasteiger partial charge >= 0.3 is 0 Å². The summed E-state index contributed by atoms with van der Waals surface area (Å²) in [4.78, 5) is -0.121. The molecule has 0 spiro atoms. The molecule has 2 aromatic carbocycles. The molecule has 20 heavy (non-hydrogen) atoms. The first-order chi connectivity index (χ1) is 9.65. The second-order valence-corrected chi connectivity index (χ2v) is 5.49. The van der Waals surface area contributed by atoms with E-state index in [9.17, 15) is 4.39 Å². The van der Waals surface area contributed by atoms with Crippen LogP contribution in [0.15, 0.2) is 42.5 Å². The van der Waals surface area contributed by atoms with Gasteiger partial charge in [-0.2, -0.15) is 0 Å². The van der Waals surface area contributed by atoms with Gasteiger partial charge in [-0.1, -0.05) is 46.3 Å². The minimum atomic E-state index is -0.305. The molecule has 0 fully saturated rings. The highest BCUT2D eigenvalue weighted by molar-refractivity contribution is 9.09. The number of halogens is 2. The van der Waals surface area contributed by atoms with E-state index in [1.807, 2.05) is 30.3 Å². The minimum Gasteiger partial charge on any atom is -0.493 e. The molecule has 0 bridgehead atoms. The molecule has 0 aromatic heterocycles. The predicted molar refractivity (Wildman–Crippen MR) is 81.3 cm³/mol. The van der Waals surface area contributed by atoms with Crippen LogP contribution in [0.4, 0.5) is 4.39 Å². The van der Waals surface area contributed by atoms with Crippen LogP contribution in [0.25, 0.3) is 0 Å². The van der Waals surface area contributed by atoms with Gasteiger partial charge in [-0.25, -0.2) is 4.39 Å². The first-order valence-electron chi connectivity index (χ1n) is 6.25. The smallest absolute Gasteiger partial charge is 0.163 e. The zero-order valence-corrected chi connectivity index (χ0v) is 13.0. The Hall–Kier alpha value is -1.55. The van der Waals surface area contributed by atoms with Gasteiger partial charge in [0, 0.05) is 16.5 Å². The molecule has 0 aliphatic carbocycles. The number of methoxy groups -OCH3 is 2. The highest BCUT2D eigenvalue weighted by Gasteiger charge is 2.17. The third-order valence-corrected chi connectivity index (χ3v) is 3.92. The first kappa shape index (κ1) is 14.9. The van der Waals surface area contributed by atoms with Crippen LogP contribution in [0, 0.1) is 5.82 Å². The average Bonchev–Trinajstić information content (AvgIpc) is 2.47. The molecule has 0 aliphatic rings. The highest BCUT2D eigenvalue weighted by atomic mass is 79.9. The minimum absolute atomic E-state index is 0.121. The monoisotopic (exact) mass is 338 g/mol. The van der Waals surface area contributed by atoms with Crippen molar-refractivity contribution < 1.29 is 13.9 Å². The molecule has 0 N–H and O–H groups in total. The van der Waals surface area contributed by atoms with Gasteiger partial charge in [0.05, 0.1) is 14.2 Å². The number of rotatable bonds is 5. The molecule has 0 saturated heterocycles. The number of hydrogen-bond donors (Lipinski definition) is 0. The van der Waals surface area contributed by atoms with Crippen molar-refractivity contribution in [1.82, 2.24) is 0 Å². The SMILES string of the molecule is COc1cc(F)c(C(Br)Cc2ccccc2)cc1OC. The highest BCUT2D eigenvalue weighted by Crippen LogP contribution is 2.36. The summed E-state index contributed by atoms with van der Waals surface area (Å²) in [5.74, 6) is 0.620. The van der Waals surface area contributed by atoms with Crippen LogP contribution < -0.4 is 9.47 Å². The van der Waals surface area contributed by atoms with E-state index in [-0.39, 0.29) is 10.6 Å². The van der Waals surface area contributed by atoms with Gasteiger partial charge < -0.3 is 9.47 Å². The largest absolute Gasteiger partial charge is 0.493 e. The van der Waals surface area contributed by atoms with Gasteiger partial charge in [0.25, 0.3) is 0 Å². The zero-order valence-electron chi connectivity index (χ0n) is 11.4. The quantitative estimate of drug-likeness (QED) is 0.746. The number of alkyl halides is 1. The summed E-state index contributed by atoms with van der Waals surface area (Å²) < 4.78 is 24.5. The normalized spacial score (nSPS) is 12.0. The third kappa shape index (κ3) is 3.31. The molecule has 106 valence electrons. The van der Waals surface area contributed by atoms with Crippen molar-refractivity contribution in [1.29, 1.82) is 0 Å². The van der Waals surface area contributed by atoms with Gasteiger partial charge in [0.15, 0.2) is 11.5 Å². The molecule has 4 heteroatoms. The number of benzene rings is 2. The second kappa shape index (κ2) is 6.75. The Kier molecular flexibility index (Phi) is 5.01. The Labute approximate surface area is 126 Å². The van der Waals surface area contributed by atoms with E-state index in [1.165, 1.54) is 13.2 Å². The molecule has 2 rings (SSSR count). The Bertz CT molecular complexity index is 572. The van der Waals surface area contributed by atoms with E-state index in [2.05, 4.69) is 15.9 Å². The average molecular weight is 339 g/mol. The topological polar surface area (TPSA) is 18.5 Å². The predicted octanol–water partition coefficient (Wildman–Crippen LogP) is 4.52. The van der Waals surface area contributed by atoms with Crippen molar-refractivity contribution in [3.8, 4) is 11.5 Å². The standard InChI is InChI=1S/C16H16BrFO2/c1-19-15-9-12(14(18)10-16(15)20-2)13(17)8-11-6-4-3-5-7-11/h3-7,9-10,13H,8H2,1-2H3. The summed E-state index contributed by atoms with van der Waals surface area (Å²) in [5, 5.41) is 0. The fourth-order valence-corrected chi connectivity index (χ4v) is 2.77. The summed E-state index contributed by atoms with van der Waals surface area (Å²) in [7, 11) is 3.03. The molecule has 1 atom stereocenters. The van der Waals surface area contributed by atoms with Crippen LogP contribution in [0.5, 0.6) is 11.5 Å². The van der Waals surface area contributed by atoms with Crippen molar-refractivity contribution in [3.05, 3.63) is 59.4 Å². The molecule has 2 nitrogen and oxygen atoms in total. The molecule has 0 heterocycles. The lowest BCUT2D eigenvalue weighted by molar-refractivity contribution is 0.351. The van der Waals surface area contributed by atoms with Crippen molar-refractivity contribution >= 4 is 15.9 Å². The van der Waals surface area contributed by atoms with Crippen molar-refractivity contribution in [2.75, 3.05) is 14.2 Å². The first-order valence-corrected chi connectivity index (χ1v) is 7.16. The van der Waals surface area contributed by atoms with Crippen molar-refractivity contribution in [2.24, 2.45) is 0 Å². The summed E-state index contributed by atoms with van der Waals surface area (Å²) in [5.41, 5.74) is 1.70. The number of hydrogen-bond acceptors (Lipinski definition) is 2. The van der Waals surface area contributed by atoms with E-state index < -0.39 is 0 Å². The van der Waals surface area contributed by atoms with Gasteiger partial charge in [0.1, 0.15) is 5.82 Å². The maximum Gasteiger partial charge on any atom is 0.163 e. The molecular weight excluding hydrogens is 323 g/mol. The summed E-state index contributed by atoms with van der Waals surface area (Å²) in [6.45, 7) is 0. The van der Waals surface area contributed by atoms with Crippen molar-refractivity contribution in [3.63, 3.8) is 0 Å². The second-order valence-electron chi connectivity index (χ2n) is 4.39. The lowest BCUT2D eigenvalue weighted by atomic mass is 10.0. The summed E-state index contributed by atoms with van der Waals surface area (Å²) in [6, 6.07) is 13.0. The molecule has 0 radical (unpaired) electrons.